The van der Waals surface area contributed by atoms with Gasteiger partial charge in [-0.1, -0.05) is 0 Å². The van der Waals surface area contributed by atoms with Gasteiger partial charge in [0.25, 0.3) is 5.91 Å². The molecular weight excluding hydrogens is 210 g/mol. The predicted octanol–water partition coefficient (Wildman–Crippen LogP) is 1.56. The van der Waals surface area contributed by atoms with Crippen LogP contribution in [0.2, 0.25) is 0 Å². The molecule has 0 bridgehead atoms. The lowest BCUT2D eigenvalue weighted by Gasteiger charge is -2.19. The van der Waals surface area contributed by atoms with E-state index in [4.69, 9.17) is 4.84 Å². The van der Waals surface area contributed by atoms with Gasteiger partial charge in [0, 0.05) is 0 Å². The number of carbonyl (C=O) groups is 1. The van der Waals surface area contributed by atoms with E-state index in [0.29, 0.717) is 0 Å². The molecule has 5 nitrogen and oxygen atoms in total. The standard InChI is InChI=1S/C11H15NO4/c1-11(2,3)16-12-10(15)8-6-7(13)4-5-9(8)14/h4-6,13-14H,1-3H3,(H,12,15). The highest BCUT2D eigenvalue weighted by Gasteiger charge is 2.16. The Morgan fingerprint density at radius 1 is 1.31 bits per heavy atom. The number of hydroxylamine groups is 1. The van der Waals surface area contributed by atoms with Crippen molar-refractivity contribution in [2.75, 3.05) is 0 Å². The van der Waals surface area contributed by atoms with Crippen LogP contribution in [0.3, 0.4) is 0 Å². The number of hydrogen-bond donors (Lipinski definition) is 3. The first-order valence-electron chi connectivity index (χ1n) is 4.80. The predicted molar refractivity (Wildman–Crippen MR) is 58.1 cm³/mol. The fourth-order valence-electron chi connectivity index (χ4n) is 0.960. The molecule has 1 rings (SSSR count). The number of hydrogen-bond acceptors (Lipinski definition) is 4. The quantitative estimate of drug-likeness (QED) is 0.527. The second-order valence-electron chi connectivity index (χ2n) is 4.35. The molecule has 1 aromatic carbocycles. The van der Waals surface area contributed by atoms with Gasteiger partial charge in [-0.05, 0) is 39.0 Å². The molecule has 0 atom stereocenters. The van der Waals surface area contributed by atoms with Crippen molar-refractivity contribution in [1.82, 2.24) is 5.48 Å². The summed E-state index contributed by atoms with van der Waals surface area (Å²) >= 11 is 0. The summed E-state index contributed by atoms with van der Waals surface area (Å²) in [4.78, 5) is 16.6. The first-order chi connectivity index (χ1) is 7.29. The van der Waals surface area contributed by atoms with Crippen LogP contribution in [0, 0.1) is 0 Å². The van der Waals surface area contributed by atoms with Crippen molar-refractivity contribution in [3.63, 3.8) is 0 Å². The van der Waals surface area contributed by atoms with E-state index in [1.165, 1.54) is 12.1 Å². The Bertz CT molecular complexity index is 395. The van der Waals surface area contributed by atoms with Crippen LogP contribution < -0.4 is 5.48 Å². The van der Waals surface area contributed by atoms with Crippen LogP contribution in [0.1, 0.15) is 31.1 Å². The van der Waals surface area contributed by atoms with Crippen molar-refractivity contribution in [2.45, 2.75) is 26.4 Å². The van der Waals surface area contributed by atoms with E-state index >= 15 is 0 Å². The van der Waals surface area contributed by atoms with Crippen LogP contribution in [-0.4, -0.2) is 21.7 Å². The number of phenolic OH excluding ortho intramolecular Hbond substituents is 2. The van der Waals surface area contributed by atoms with E-state index in [2.05, 4.69) is 5.48 Å². The van der Waals surface area contributed by atoms with Gasteiger partial charge in [0.05, 0.1) is 11.2 Å². The third-order valence-electron chi connectivity index (χ3n) is 1.67. The molecule has 0 aromatic heterocycles. The molecule has 0 aliphatic carbocycles. The first-order valence-corrected chi connectivity index (χ1v) is 4.80. The summed E-state index contributed by atoms with van der Waals surface area (Å²) in [5.74, 6) is -0.921. The Labute approximate surface area is 93.6 Å². The van der Waals surface area contributed by atoms with Crippen LogP contribution >= 0.6 is 0 Å². The van der Waals surface area contributed by atoms with Gasteiger partial charge in [-0.25, -0.2) is 5.48 Å². The fourth-order valence-corrected chi connectivity index (χ4v) is 0.960. The molecule has 0 saturated heterocycles. The molecule has 0 spiro atoms. The number of rotatable bonds is 2. The lowest BCUT2D eigenvalue weighted by Crippen LogP contribution is -2.33. The van der Waals surface area contributed by atoms with E-state index in [0.717, 1.165) is 6.07 Å². The van der Waals surface area contributed by atoms with Crippen LogP contribution in [0.15, 0.2) is 18.2 Å². The average Bonchev–Trinajstić information content (AvgIpc) is 2.17. The largest absolute Gasteiger partial charge is 0.508 e. The highest BCUT2D eigenvalue weighted by molar-refractivity contribution is 5.96. The zero-order chi connectivity index (χ0) is 12.3. The summed E-state index contributed by atoms with van der Waals surface area (Å²) in [6.45, 7) is 5.32. The van der Waals surface area contributed by atoms with Gasteiger partial charge in [-0.15, -0.1) is 0 Å². The molecule has 0 aliphatic heterocycles. The molecule has 1 amide bonds. The highest BCUT2D eigenvalue weighted by atomic mass is 16.7. The van der Waals surface area contributed by atoms with Crippen molar-refractivity contribution in [3.05, 3.63) is 23.8 Å². The fraction of sp³-hybridized carbons (Fsp3) is 0.364. The minimum Gasteiger partial charge on any atom is -0.508 e. The molecule has 0 unspecified atom stereocenters. The summed E-state index contributed by atoms with van der Waals surface area (Å²) in [6, 6.07) is 3.69. The summed E-state index contributed by atoms with van der Waals surface area (Å²) in [5, 5.41) is 18.6. The highest BCUT2D eigenvalue weighted by Crippen LogP contribution is 2.21. The number of amides is 1. The summed E-state index contributed by atoms with van der Waals surface area (Å²) < 4.78 is 0. The maximum Gasteiger partial charge on any atom is 0.278 e. The molecule has 0 fully saturated rings. The summed E-state index contributed by atoms with van der Waals surface area (Å²) in [7, 11) is 0. The van der Waals surface area contributed by atoms with Crippen LogP contribution in [0.25, 0.3) is 0 Å². The third kappa shape index (κ3) is 3.43. The SMILES string of the molecule is CC(C)(C)ONC(=O)c1cc(O)ccc1O. The Kier molecular flexibility index (Phi) is 3.39. The van der Waals surface area contributed by atoms with E-state index in [1.54, 1.807) is 20.8 Å². The van der Waals surface area contributed by atoms with Gasteiger partial charge in [0.2, 0.25) is 0 Å². The van der Waals surface area contributed by atoms with Crippen molar-refractivity contribution < 1.29 is 19.8 Å². The molecule has 3 N–H and O–H groups in total. The Morgan fingerprint density at radius 2 is 1.94 bits per heavy atom. The zero-order valence-corrected chi connectivity index (χ0v) is 9.44. The lowest BCUT2D eigenvalue weighted by atomic mass is 10.2. The summed E-state index contributed by atoms with van der Waals surface area (Å²) in [6.07, 6.45) is 0. The smallest absolute Gasteiger partial charge is 0.278 e. The first kappa shape index (κ1) is 12.3. The van der Waals surface area contributed by atoms with Crippen LogP contribution in [-0.2, 0) is 4.84 Å². The van der Waals surface area contributed by atoms with Gasteiger partial charge in [0.15, 0.2) is 0 Å². The minimum absolute atomic E-state index is 0.0377. The molecule has 0 heterocycles. The Hall–Kier alpha value is -1.75. The average molecular weight is 225 g/mol. The van der Waals surface area contributed by atoms with Gasteiger partial charge in [0.1, 0.15) is 11.5 Å². The second-order valence-corrected chi connectivity index (χ2v) is 4.35. The number of phenols is 2. The van der Waals surface area contributed by atoms with E-state index < -0.39 is 11.5 Å². The number of aromatic hydroxyl groups is 2. The molecule has 0 saturated carbocycles. The van der Waals surface area contributed by atoms with Crippen molar-refractivity contribution in [2.24, 2.45) is 0 Å². The van der Waals surface area contributed by atoms with Crippen molar-refractivity contribution >= 4 is 5.91 Å². The van der Waals surface area contributed by atoms with Gasteiger partial charge in [-0.2, -0.15) is 0 Å². The number of benzene rings is 1. The Morgan fingerprint density at radius 3 is 2.50 bits per heavy atom. The minimum atomic E-state index is -0.608. The number of carbonyl (C=O) groups excluding carboxylic acids is 1. The summed E-state index contributed by atoms with van der Waals surface area (Å²) in [5.41, 5.74) is 1.63. The normalized spacial score (nSPS) is 11.2. The lowest BCUT2D eigenvalue weighted by molar-refractivity contribution is -0.0590. The molecule has 0 radical (unpaired) electrons. The monoisotopic (exact) mass is 225 g/mol. The molecule has 1 aromatic rings. The van der Waals surface area contributed by atoms with Crippen molar-refractivity contribution in [1.29, 1.82) is 0 Å². The van der Waals surface area contributed by atoms with Gasteiger partial charge >= 0.3 is 0 Å². The molecule has 88 valence electrons. The third-order valence-corrected chi connectivity index (χ3v) is 1.67. The molecule has 16 heavy (non-hydrogen) atoms. The molecule has 5 heteroatoms. The van der Waals surface area contributed by atoms with E-state index in [9.17, 15) is 15.0 Å². The van der Waals surface area contributed by atoms with Crippen LogP contribution in [0.4, 0.5) is 0 Å². The van der Waals surface area contributed by atoms with E-state index in [1.807, 2.05) is 0 Å². The van der Waals surface area contributed by atoms with Crippen LogP contribution in [0.5, 0.6) is 11.5 Å². The maximum absolute atomic E-state index is 11.6. The zero-order valence-electron chi connectivity index (χ0n) is 9.44. The Balaban J connectivity index is 2.77. The van der Waals surface area contributed by atoms with E-state index in [-0.39, 0.29) is 17.1 Å². The van der Waals surface area contributed by atoms with Gasteiger partial charge in [-0.3, -0.25) is 9.63 Å². The maximum atomic E-state index is 11.6. The molecular formula is C11H15NO4. The molecule has 0 aliphatic rings. The topological polar surface area (TPSA) is 78.8 Å². The van der Waals surface area contributed by atoms with Gasteiger partial charge < -0.3 is 10.2 Å². The number of nitrogens with one attached hydrogen (secondary N) is 1. The second kappa shape index (κ2) is 4.40. The van der Waals surface area contributed by atoms with Crippen molar-refractivity contribution in [3.8, 4) is 11.5 Å².